The van der Waals surface area contributed by atoms with E-state index in [1.54, 1.807) is 14.2 Å². The molecular weight excluding hydrogens is 264 g/mol. The quantitative estimate of drug-likeness (QED) is 0.882. The molecule has 0 aliphatic carbocycles. The molecule has 1 N–H and O–H groups in total. The monoisotopic (exact) mass is 286 g/mol. The summed E-state index contributed by atoms with van der Waals surface area (Å²) in [6.07, 6.45) is 1.45. The molecule has 0 radical (unpaired) electrons. The molecule has 0 amide bonds. The first kappa shape index (κ1) is 15.4. The first-order chi connectivity index (χ1) is 10.0. The van der Waals surface area contributed by atoms with Crippen LogP contribution >= 0.6 is 0 Å². The molecule has 21 heavy (non-hydrogen) atoms. The molecule has 1 atom stereocenters. The second kappa shape index (κ2) is 6.64. The highest BCUT2D eigenvalue weighted by Crippen LogP contribution is 2.29. The lowest BCUT2D eigenvalue weighted by molar-refractivity contribution is 0.0478. The minimum absolute atomic E-state index is 0.645. The highest BCUT2D eigenvalue weighted by Gasteiger charge is 2.23. The summed E-state index contributed by atoms with van der Waals surface area (Å²) in [5.74, 6) is 1.61. The van der Waals surface area contributed by atoms with Crippen molar-refractivity contribution in [2.45, 2.75) is 25.4 Å². The Bertz CT molecular complexity index is 573. The van der Waals surface area contributed by atoms with Crippen LogP contribution < -0.4 is 9.47 Å². The van der Waals surface area contributed by atoms with Crippen molar-refractivity contribution in [1.29, 1.82) is 0 Å². The van der Waals surface area contributed by atoms with Crippen LogP contribution in [0, 0.1) is 0 Å². The number of benzene rings is 2. The van der Waals surface area contributed by atoms with E-state index in [9.17, 15) is 5.11 Å². The summed E-state index contributed by atoms with van der Waals surface area (Å²) in [6.45, 7) is 1.84. The summed E-state index contributed by atoms with van der Waals surface area (Å²) in [7, 11) is 3.29. The van der Waals surface area contributed by atoms with Crippen molar-refractivity contribution in [2.75, 3.05) is 14.2 Å². The zero-order valence-corrected chi connectivity index (χ0v) is 12.8. The van der Waals surface area contributed by atoms with E-state index < -0.39 is 5.60 Å². The van der Waals surface area contributed by atoms with E-state index in [2.05, 4.69) is 0 Å². The van der Waals surface area contributed by atoms with Gasteiger partial charge < -0.3 is 14.6 Å². The third-order valence-corrected chi connectivity index (χ3v) is 3.75. The molecule has 0 fully saturated rings. The van der Waals surface area contributed by atoms with Crippen molar-refractivity contribution in [3.8, 4) is 11.5 Å². The normalized spacial score (nSPS) is 13.5. The van der Waals surface area contributed by atoms with Gasteiger partial charge in [-0.2, -0.15) is 0 Å². The van der Waals surface area contributed by atoms with Crippen LogP contribution in [0.5, 0.6) is 11.5 Å². The summed E-state index contributed by atoms with van der Waals surface area (Å²) in [5.41, 5.74) is 1.17. The Balaban J connectivity index is 2.05. The van der Waals surface area contributed by atoms with Crippen molar-refractivity contribution < 1.29 is 14.6 Å². The van der Waals surface area contributed by atoms with Gasteiger partial charge in [0.1, 0.15) is 11.5 Å². The van der Waals surface area contributed by atoms with E-state index in [1.165, 1.54) is 5.56 Å². The first-order valence-electron chi connectivity index (χ1n) is 7.05. The lowest BCUT2D eigenvalue weighted by Crippen LogP contribution is -2.22. The molecule has 2 aromatic carbocycles. The summed E-state index contributed by atoms with van der Waals surface area (Å²) in [4.78, 5) is 0. The van der Waals surface area contributed by atoms with Gasteiger partial charge in [-0.1, -0.05) is 24.3 Å². The van der Waals surface area contributed by atoms with Crippen LogP contribution in [0.15, 0.2) is 48.5 Å². The maximum Gasteiger partial charge on any atom is 0.119 e. The van der Waals surface area contributed by atoms with Gasteiger partial charge in [0.2, 0.25) is 0 Å². The van der Waals surface area contributed by atoms with Gasteiger partial charge in [-0.3, -0.25) is 0 Å². The highest BCUT2D eigenvalue weighted by molar-refractivity contribution is 5.32. The zero-order chi connectivity index (χ0) is 15.3. The van der Waals surface area contributed by atoms with Gasteiger partial charge in [0.25, 0.3) is 0 Å². The van der Waals surface area contributed by atoms with E-state index >= 15 is 0 Å². The van der Waals surface area contributed by atoms with Crippen LogP contribution in [0.1, 0.15) is 24.5 Å². The second-order valence-corrected chi connectivity index (χ2v) is 5.35. The standard InChI is InChI=1S/C18H22O3/c1-18(19,15-5-4-6-17(13-15)21-3)12-11-14-7-9-16(20-2)10-8-14/h4-10,13,19H,11-12H2,1-3H3. The van der Waals surface area contributed by atoms with Crippen molar-refractivity contribution in [3.63, 3.8) is 0 Å². The summed E-state index contributed by atoms with van der Waals surface area (Å²) >= 11 is 0. The molecule has 0 saturated heterocycles. The maximum atomic E-state index is 10.7. The van der Waals surface area contributed by atoms with Crippen LogP contribution in [0.3, 0.4) is 0 Å². The average Bonchev–Trinajstić information content (AvgIpc) is 2.53. The number of rotatable bonds is 6. The molecule has 2 aromatic rings. The van der Waals surface area contributed by atoms with Gasteiger partial charge in [-0.25, -0.2) is 0 Å². The van der Waals surface area contributed by atoms with Gasteiger partial charge in [-0.05, 0) is 55.2 Å². The number of aliphatic hydroxyl groups is 1. The Morgan fingerprint density at radius 1 is 0.952 bits per heavy atom. The van der Waals surface area contributed by atoms with Crippen molar-refractivity contribution in [2.24, 2.45) is 0 Å². The van der Waals surface area contributed by atoms with Crippen LogP contribution in [-0.2, 0) is 12.0 Å². The third-order valence-electron chi connectivity index (χ3n) is 3.75. The Labute approximate surface area is 126 Å². The number of aryl methyl sites for hydroxylation is 1. The van der Waals surface area contributed by atoms with E-state index in [1.807, 2.05) is 55.5 Å². The fourth-order valence-corrected chi connectivity index (χ4v) is 2.28. The molecule has 3 nitrogen and oxygen atoms in total. The van der Waals surface area contributed by atoms with Crippen molar-refractivity contribution >= 4 is 0 Å². The van der Waals surface area contributed by atoms with E-state index in [0.717, 1.165) is 23.5 Å². The lowest BCUT2D eigenvalue weighted by Gasteiger charge is -2.24. The molecule has 112 valence electrons. The SMILES string of the molecule is COc1ccc(CCC(C)(O)c2cccc(OC)c2)cc1. The predicted octanol–water partition coefficient (Wildman–Crippen LogP) is 3.54. The van der Waals surface area contributed by atoms with Gasteiger partial charge in [-0.15, -0.1) is 0 Å². The molecule has 1 unspecified atom stereocenters. The first-order valence-corrected chi connectivity index (χ1v) is 7.05. The molecule has 0 bridgehead atoms. The third kappa shape index (κ3) is 3.99. The zero-order valence-electron chi connectivity index (χ0n) is 12.8. The van der Waals surface area contributed by atoms with Gasteiger partial charge in [0, 0.05) is 0 Å². The Hall–Kier alpha value is -2.00. The summed E-state index contributed by atoms with van der Waals surface area (Å²) < 4.78 is 10.4. The van der Waals surface area contributed by atoms with Crippen LogP contribution in [0.4, 0.5) is 0 Å². The van der Waals surface area contributed by atoms with Crippen LogP contribution in [0.2, 0.25) is 0 Å². The molecule has 0 aliphatic heterocycles. The molecule has 3 heteroatoms. The average molecular weight is 286 g/mol. The summed E-state index contributed by atoms with van der Waals surface area (Å²) in [5, 5.41) is 10.7. The molecule has 0 aromatic heterocycles. The lowest BCUT2D eigenvalue weighted by atomic mass is 9.89. The van der Waals surface area contributed by atoms with Gasteiger partial charge in [0.05, 0.1) is 19.8 Å². The number of hydrogen-bond acceptors (Lipinski definition) is 3. The van der Waals surface area contributed by atoms with Crippen LogP contribution in [0.25, 0.3) is 0 Å². The maximum absolute atomic E-state index is 10.7. The fourth-order valence-electron chi connectivity index (χ4n) is 2.28. The predicted molar refractivity (Wildman–Crippen MR) is 83.9 cm³/mol. The second-order valence-electron chi connectivity index (χ2n) is 5.35. The van der Waals surface area contributed by atoms with E-state index in [4.69, 9.17) is 9.47 Å². The minimum atomic E-state index is -0.880. The molecule has 0 heterocycles. The molecule has 2 rings (SSSR count). The van der Waals surface area contributed by atoms with Gasteiger partial charge in [0.15, 0.2) is 0 Å². The molecule has 0 aliphatic rings. The highest BCUT2D eigenvalue weighted by atomic mass is 16.5. The molecular formula is C18H22O3. The largest absolute Gasteiger partial charge is 0.497 e. The Kier molecular flexibility index (Phi) is 4.86. The Morgan fingerprint density at radius 2 is 1.62 bits per heavy atom. The van der Waals surface area contributed by atoms with Crippen LogP contribution in [-0.4, -0.2) is 19.3 Å². The molecule has 0 spiro atoms. The summed E-state index contributed by atoms with van der Waals surface area (Å²) in [6, 6.07) is 15.5. The van der Waals surface area contributed by atoms with E-state index in [-0.39, 0.29) is 0 Å². The number of hydrogen-bond donors (Lipinski definition) is 1. The molecule has 0 saturated carbocycles. The van der Waals surface area contributed by atoms with Crippen molar-refractivity contribution in [1.82, 2.24) is 0 Å². The van der Waals surface area contributed by atoms with E-state index in [0.29, 0.717) is 6.42 Å². The smallest absolute Gasteiger partial charge is 0.119 e. The fraction of sp³-hybridized carbons (Fsp3) is 0.333. The topological polar surface area (TPSA) is 38.7 Å². The minimum Gasteiger partial charge on any atom is -0.497 e. The number of ether oxygens (including phenoxy) is 2. The van der Waals surface area contributed by atoms with Gasteiger partial charge >= 0.3 is 0 Å². The Morgan fingerprint density at radius 3 is 2.24 bits per heavy atom. The van der Waals surface area contributed by atoms with Crippen molar-refractivity contribution in [3.05, 3.63) is 59.7 Å². The number of methoxy groups -OCH3 is 2.